The Balaban J connectivity index is 1.58. The molecule has 0 bridgehead atoms. The van der Waals surface area contributed by atoms with Gasteiger partial charge >= 0.3 is 0 Å². The van der Waals surface area contributed by atoms with Gasteiger partial charge in [-0.05, 0) is 48.7 Å². The highest BCUT2D eigenvalue weighted by Crippen LogP contribution is 2.38. The highest BCUT2D eigenvalue weighted by molar-refractivity contribution is 7.99. The summed E-state index contributed by atoms with van der Waals surface area (Å²) in [6, 6.07) is 11.8. The second-order valence-corrected chi connectivity index (χ2v) is 8.89. The van der Waals surface area contributed by atoms with Gasteiger partial charge in [0.15, 0.2) is 16.7 Å². The number of hydrogen-bond acceptors (Lipinski definition) is 8. The number of fused-ring (bicyclic) bond motifs is 1. The number of ether oxygens (including phenoxy) is 3. The van der Waals surface area contributed by atoms with Crippen LogP contribution in [0, 0.1) is 0 Å². The molecule has 1 aliphatic heterocycles. The molecule has 0 saturated carbocycles. The van der Waals surface area contributed by atoms with E-state index in [0.717, 1.165) is 29.0 Å². The van der Waals surface area contributed by atoms with Crippen molar-refractivity contribution >= 4 is 17.7 Å². The van der Waals surface area contributed by atoms with Gasteiger partial charge in [0.05, 0.1) is 44.9 Å². The standard InChI is InChI=1S/C25H27N3O6S/c1-15-17-12-21(34-4)20(33-3)11-16(17)9-10-27(15)24(31)14-35-25-26-22(29)13-23(30)28(25)18-7-5-6-8-19(18)32-2/h5-8,11-13,15,29H,9-10,14H2,1-4H3/t15-/m0/s1. The minimum absolute atomic E-state index is 0.0397. The highest BCUT2D eigenvalue weighted by Gasteiger charge is 2.29. The number of methoxy groups -OCH3 is 3. The van der Waals surface area contributed by atoms with Gasteiger partial charge in [0, 0.05) is 6.54 Å². The number of para-hydroxylation sites is 2. The zero-order valence-corrected chi connectivity index (χ0v) is 20.8. The fraction of sp³-hybridized carbons (Fsp3) is 0.320. The van der Waals surface area contributed by atoms with Crippen LogP contribution >= 0.6 is 11.8 Å². The van der Waals surface area contributed by atoms with Crippen molar-refractivity contribution in [1.82, 2.24) is 14.5 Å². The van der Waals surface area contributed by atoms with Gasteiger partial charge in [-0.1, -0.05) is 23.9 Å². The summed E-state index contributed by atoms with van der Waals surface area (Å²) in [7, 11) is 4.69. The first-order valence-corrected chi connectivity index (χ1v) is 12.0. The minimum atomic E-state index is -0.474. The molecule has 0 radical (unpaired) electrons. The van der Waals surface area contributed by atoms with Crippen LogP contribution < -0.4 is 19.8 Å². The van der Waals surface area contributed by atoms with Crippen LogP contribution in [0.15, 0.2) is 52.4 Å². The lowest BCUT2D eigenvalue weighted by molar-refractivity contribution is -0.130. The Bertz CT molecular complexity index is 1310. The van der Waals surface area contributed by atoms with Gasteiger partial charge in [-0.3, -0.25) is 14.2 Å². The van der Waals surface area contributed by atoms with Crippen LogP contribution in [0.1, 0.15) is 24.1 Å². The number of aromatic nitrogens is 2. The average molecular weight is 498 g/mol. The van der Waals surface area contributed by atoms with E-state index in [9.17, 15) is 14.7 Å². The van der Waals surface area contributed by atoms with Crippen molar-refractivity contribution in [2.24, 2.45) is 0 Å². The van der Waals surface area contributed by atoms with Gasteiger partial charge in [-0.2, -0.15) is 4.98 Å². The van der Waals surface area contributed by atoms with E-state index in [1.54, 1.807) is 43.4 Å². The van der Waals surface area contributed by atoms with Crippen molar-refractivity contribution in [2.75, 3.05) is 33.6 Å². The van der Waals surface area contributed by atoms with Crippen LogP contribution in [0.4, 0.5) is 0 Å². The molecule has 0 saturated heterocycles. The molecule has 35 heavy (non-hydrogen) atoms. The lowest BCUT2D eigenvalue weighted by Crippen LogP contribution is -2.40. The minimum Gasteiger partial charge on any atom is -0.495 e. The third-order valence-corrected chi connectivity index (χ3v) is 6.95. The van der Waals surface area contributed by atoms with Gasteiger partial charge in [0.1, 0.15) is 5.75 Å². The molecule has 0 spiro atoms. The van der Waals surface area contributed by atoms with Gasteiger partial charge in [0.25, 0.3) is 5.56 Å². The smallest absolute Gasteiger partial charge is 0.262 e. The summed E-state index contributed by atoms with van der Waals surface area (Å²) in [4.78, 5) is 31.9. The van der Waals surface area contributed by atoms with Crippen molar-refractivity contribution in [3.63, 3.8) is 0 Å². The van der Waals surface area contributed by atoms with Gasteiger partial charge < -0.3 is 24.2 Å². The number of hydrogen-bond donors (Lipinski definition) is 1. The number of aromatic hydroxyl groups is 1. The maximum Gasteiger partial charge on any atom is 0.262 e. The molecule has 10 heteroatoms. The molecular weight excluding hydrogens is 470 g/mol. The van der Waals surface area contributed by atoms with Crippen LogP contribution in [-0.2, 0) is 11.2 Å². The van der Waals surface area contributed by atoms with Gasteiger partial charge in [-0.15, -0.1) is 0 Å². The largest absolute Gasteiger partial charge is 0.495 e. The third kappa shape index (κ3) is 4.79. The highest BCUT2D eigenvalue weighted by atomic mass is 32.2. The van der Waals surface area contributed by atoms with E-state index in [0.29, 0.717) is 35.9 Å². The summed E-state index contributed by atoms with van der Waals surface area (Å²) in [5.41, 5.74) is 2.13. The Labute approximate surface area is 207 Å². The zero-order valence-electron chi connectivity index (χ0n) is 20.0. The molecule has 1 aliphatic rings. The molecule has 0 fully saturated rings. The molecule has 3 aromatic rings. The Morgan fingerprint density at radius 2 is 1.77 bits per heavy atom. The Morgan fingerprint density at radius 3 is 2.49 bits per heavy atom. The molecule has 1 atom stereocenters. The van der Waals surface area contributed by atoms with E-state index in [-0.39, 0.29) is 22.9 Å². The molecule has 2 heterocycles. The Kier molecular flexibility index (Phi) is 7.20. The van der Waals surface area contributed by atoms with Crippen LogP contribution in [0.2, 0.25) is 0 Å². The van der Waals surface area contributed by atoms with Gasteiger partial charge in [0.2, 0.25) is 11.8 Å². The number of benzene rings is 2. The van der Waals surface area contributed by atoms with Crippen molar-refractivity contribution in [1.29, 1.82) is 0 Å². The molecule has 184 valence electrons. The second-order valence-electron chi connectivity index (χ2n) is 7.95. The molecule has 9 nitrogen and oxygen atoms in total. The molecule has 2 aromatic carbocycles. The van der Waals surface area contributed by atoms with E-state index >= 15 is 0 Å². The summed E-state index contributed by atoms with van der Waals surface area (Å²) < 4.78 is 17.6. The van der Waals surface area contributed by atoms with Crippen LogP contribution in [-0.4, -0.2) is 59.1 Å². The predicted molar refractivity (Wildman–Crippen MR) is 132 cm³/mol. The molecule has 4 rings (SSSR count). The molecule has 1 amide bonds. The molecular formula is C25H27N3O6S. The normalized spacial score (nSPS) is 14.9. The Morgan fingerprint density at radius 1 is 1.09 bits per heavy atom. The van der Waals surface area contributed by atoms with Crippen LogP contribution in [0.5, 0.6) is 23.1 Å². The lowest BCUT2D eigenvalue weighted by atomic mass is 9.93. The summed E-state index contributed by atoms with van der Waals surface area (Å²) in [5, 5.41) is 10.2. The molecule has 0 aliphatic carbocycles. The Hall–Kier alpha value is -3.66. The lowest BCUT2D eigenvalue weighted by Gasteiger charge is -2.35. The van der Waals surface area contributed by atoms with E-state index in [1.165, 1.54) is 11.7 Å². The van der Waals surface area contributed by atoms with Gasteiger partial charge in [-0.25, -0.2) is 0 Å². The summed E-state index contributed by atoms with van der Waals surface area (Å²) in [6.45, 7) is 2.53. The van der Waals surface area contributed by atoms with Crippen molar-refractivity contribution in [2.45, 2.75) is 24.5 Å². The fourth-order valence-electron chi connectivity index (χ4n) is 4.28. The number of thioether (sulfide) groups is 1. The molecule has 0 unspecified atom stereocenters. The zero-order chi connectivity index (χ0) is 25.1. The van der Waals surface area contributed by atoms with E-state index in [1.807, 2.05) is 19.1 Å². The molecule has 1 N–H and O–H groups in total. The number of amides is 1. The molecule has 1 aromatic heterocycles. The summed E-state index contributed by atoms with van der Waals surface area (Å²) in [5.74, 6) is 1.29. The second kappa shape index (κ2) is 10.3. The first-order valence-electron chi connectivity index (χ1n) is 11.0. The average Bonchev–Trinajstić information content (AvgIpc) is 2.86. The quantitative estimate of drug-likeness (QED) is 0.392. The van der Waals surface area contributed by atoms with Crippen molar-refractivity contribution in [3.05, 3.63) is 63.9 Å². The van der Waals surface area contributed by atoms with E-state index < -0.39 is 11.4 Å². The number of carbonyl (C=O) groups excluding carboxylic acids is 1. The van der Waals surface area contributed by atoms with Crippen LogP contribution in [0.3, 0.4) is 0 Å². The first-order chi connectivity index (χ1) is 16.9. The van der Waals surface area contributed by atoms with E-state index in [4.69, 9.17) is 14.2 Å². The number of carbonyl (C=O) groups is 1. The van der Waals surface area contributed by atoms with Crippen molar-refractivity contribution in [3.8, 4) is 28.8 Å². The SMILES string of the molecule is COc1cc2c(cc1OC)[C@H](C)N(C(=O)CSc1nc(O)cc(=O)n1-c1ccccc1OC)CC2. The summed E-state index contributed by atoms with van der Waals surface area (Å²) in [6.07, 6.45) is 0.687. The maximum absolute atomic E-state index is 13.3. The topological polar surface area (TPSA) is 103 Å². The monoisotopic (exact) mass is 497 g/mol. The third-order valence-electron chi connectivity index (χ3n) is 6.03. The predicted octanol–water partition coefficient (Wildman–Crippen LogP) is 3.20. The van der Waals surface area contributed by atoms with Crippen LogP contribution in [0.25, 0.3) is 5.69 Å². The summed E-state index contributed by atoms with van der Waals surface area (Å²) >= 11 is 1.09. The van der Waals surface area contributed by atoms with E-state index in [2.05, 4.69) is 4.98 Å². The first kappa shape index (κ1) is 24.5. The number of nitrogens with zero attached hydrogens (tertiary/aromatic N) is 3. The number of rotatable bonds is 7. The maximum atomic E-state index is 13.3. The van der Waals surface area contributed by atoms with Crippen molar-refractivity contribution < 1.29 is 24.1 Å². The fourth-order valence-corrected chi connectivity index (χ4v) is 5.17.